The second-order valence-electron chi connectivity index (χ2n) is 5.28. The summed E-state index contributed by atoms with van der Waals surface area (Å²) in [5.41, 5.74) is 7.00. The van der Waals surface area contributed by atoms with Crippen molar-refractivity contribution in [2.24, 2.45) is 11.7 Å². The lowest BCUT2D eigenvalue weighted by Gasteiger charge is -2.26. The van der Waals surface area contributed by atoms with Crippen molar-refractivity contribution in [2.75, 3.05) is 31.7 Å². The standard InChI is InChI=1S/C14H25N3OS/c1-3-5-12-13(8-15)19-14(16-12)17(2)9-11-6-4-7-18-10-11/h11H,3-10,15H2,1-2H3. The van der Waals surface area contributed by atoms with E-state index < -0.39 is 0 Å². The second-order valence-corrected chi connectivity index (χ2v) is 6.35. The molecule has 0 bridgehead atoms. The number of aromatic nitrogens is 1. The summed E-state index contributed by atoms with van der Waals surface area (Å²) in [7, 11) is 2.13. The van der Waals surface area contributed by atoms with Gasteiger partial charge in [0.15, 0.2) is 5.13 Å². The van der Waals surface area contributed by atoms with Gasteiger partial charge in [-0.2, -0.15) is 0 Å². The molecule has 1 aromatic heterocycles. The highest BCUT2D eigenvalue weighted by Crippen LogP contribution is 2.27. The second kappa shape index (κ2) is 7.22. The smallest absolute Gasteiger partial charge is 0.185 e. The van der Waals surface area contributed by atoms with Crippen molar-refractivity contribution in [3.8, 4) is 0 Å². The number of thiazole rings is 1. The molecule has 2 heterocycles. The highest BCUT2D eigenvalue weighted by Gasteiger charge is 2.19. The van der Waals surface area contributed by atoms with Crippen LogP contribution in [0, 0.1) is 5.92 Å². The zero-order valence-electron chi connectivity index (χ0n) is 12.0. The van der Waals surface area contributed by atoms with Crippen molar-refractivity contribution in [3.63, 3.8) is 0 Å². The lowest BCUT2D eigenvalue weighted by molar-refractivity contribution is 0.0576. The van der Waals surface area contributed by atoms with E-state index in [1.165, 1.54) is 23.4 Å². The zero-order chi connectivity index (χ0) is 13.7. The zero-order valence-corrected chi connectivity index (χ0v) is 12.8. The monoisotopic (exact) mass is 283 g/mol. The summed E-state index contributed by atoms with van der Waals surface area (Å²) in [5, 5.41) is 1.11. The molecule has 1 aromatic rings. The molecule has 19 heavy (non-hydrogen) atoms. The van der Waals surface area contributed by atoms with Crippen LogP contribution in [0.2, 0.25) is 0 Å². The van der Waals surface area contributed by atoms with Gasteiger partial charge in [0.1, 0.15) is 0 Å². The van der Waals surface area contributed by atoms with E-state index in [1.807, 2.05) is 0 Å². The normalized spacial score (nSPS) is 19.6. The first-order valence-corrected chi connectivity index (χ1v) is 8.03. The molecule has 0 saturated carbocycles. The van der Waals surface area contributed by atoms with E-state index in [0.717, 1.165) is 37.7 Å². The largest absolute Gasteiger partial charge is 0.381 e. The fraction of sp³-hybridized carbons (Fsp3) is 0.786. The van der Waals surface area contributed by atoms with E-state index in [9.17, 15) is 0 Å². The van der Waals surface area contributed by atoms with Gasteiger partial charge in [0.05, 0.1) is 12.3 Å². The summed E-state index contributed by atoms with van der Waals surface area (Å²) < 4.78 is 5.54. The van der Waals surface area contributed by atoms with Crippen LogP contribution in [-0.4, -0.2) is 31.8 Å². The molecule has 1 unspecified atom stereocenters. The van der Waals surface area contributed by atoms with Crippen LogP contribution in [0.15, 0.2) is 0 Å². The summed E-state index contributed by atoms with van der Waals surface area (Å²) in [5.74, 6) is 0.638. The van der Waals surface area contributed by atoms with Crippen molar-refractivity contribution in [1.29, 1.82) is 0 Å². The van der Waals surface area contributed by atoms with Gasteiger partial charge in [-0.25, -0.2) is 4.98 Å². The maximum Gasteiger partial charge on any atom is 0.185 e. The van der Waals surface area contributed by atoms with E-state index >= 15 is 0 Å². The molecule has 2 N–H and O–H groups in total. The number of rotatable bonds is 6. The molecule has 4 nitrogen and oxygen atoms in total. The van der Waals surface area contributed by atoms with Crippen LogP contribution >= 0.6 is 11.3 Å². The van der Waals surface area contributed by atoms with Gasteiger partial charge in [0.2, 0.25) is 0 Å². The van der Waals surface area contributed by atoms with Crippen LogP contribution in [0.3, 0.4) is 0 Å². The van der Waals surface area contributed by atoms with E-state index in [1.54, 1.807) is 11.3 Å². The van der Waals surface area contributed by atoms with E-state index in [0.29, 0.717) is 12.5 Å². The number of anilines is 1. The molecule has 0 amide bonds. The van der Waals surface area contributed by atoms with Gasteiger partial charge in [-0.1, -0.05) is 13.3 Å². The first-order chi connectivity index (χ1) is 9.24. The number of hydrogen-bond donors (Lipinski definition) is 1. The highest BCUT2D eigenvalue weighted by molar-refractivity contribution is 7.15. The van der Waals surface area contributed by atoms with Gasteiger partial charge in [0, 0.05) is 31.6 Å². The minimum atomic E-state index is 0.605. The molecule has 0 aliphatic carbocycles. The number of nitrogens with two attached hydrogens (primary N) is 1. The van der Waals surface area contributed by atoms with Crippen molar-refractivity contribution < 1.29 is 4.74 Å². The molecule has 1 fully saturated rings. The van der Waals surface area contributed by atoms with Crippen molar-refractivity contribution in [1.82, 2.24) is 4.98 Å². The Balaban J connectivity index is 1.99. The minimum absolute atomic E-state index is 0.605. The van der Waals surface area contributed by atoms with E-state index in [-0.39, 0.29) is 0 Å². The van der Waals surface area contributed by atoms with Crippen LogP contribution < -0.4 is 10.6 Å². The molecule has 0 radical (unpaired) electrons. The third kappa shape index (κ3) is 3.91. The first kappa shape index (κ1) is 14.8. The fourth-order valence-electron chi connectivity index (χ4n) is 2.54. The van der Waals surface area contributed by atoms with Gasteiger partial charge in [-0.15, -0.1) is 11.3 Å². The van der Waals surface area contributed by atoms with Crippen LogP contribution in [0.4, 0.5) is 5.13 Å². The summed E-state index contributed by atoms with van der Waals surface area (Å²) in [6, 6.07) is 0. The maximum absolute atomic E-state index is 5.81. The topological polar surface area (TPSA) is 51.4 Å². The van der Waals surface area contributed by atoms with Crippen molar-refractivity contribution in [3.05, 3.63) is 10.6 Å². The van der Waals surface area contributed by atoms with Gasteiger partial charge in [0.25, 0.3) is 0 Å². The molecule has 0 spiro atoms. The Labute approximate surface area is 120 Å². The average Bonchev–Trinajstić information content (AvgIpc) is 2.83. The van der Waals surface area contributed by atoms with Crippen LogP contribution in [0.1, 0.15) is 36.8 Å². The molecule has 1 atom stereocenters. The number of ether oxygens (including phenoxy) is 1. The van der Waals surface area contributed by atoms with E-state index in [2.05, 4.69) is 18.9 Å². The Morgan fingerprint density at radius 1 is 1.53 bits per heavy atom. The molecule has 2 rings (SSSR count). The molecule has 1 aliphatic rings. The molecule has 108 valence electrons. The van der Waals surface area contributed by atoms with Crippen molar-refractivity contribution in [2.45, 2.75) is 39.2 Å². The Bertz CT molecular complexity index is 388. The Hall–Kier alpha value is -0.650. The van der Waals surface area contributed by atoms with Crippen LogP contribution in [-0.2, 0) is 17.7 Å². The molecule has 5 heteroatoms. The summed E-state index contributed by atoms with van der Waals surface area (Å²) >= 11 is 1.75. The lowest BCUT2D eigenvalue weighted by atomic mass is 10.0. The van der Waals surface area contributed by atoms with Gasteiger partial charge in [-0.05, 0) is 25.2 Å². The summed E-state index contributed by atoms with van der Waals surface area (Å²) in [4.78, 5) is 8.27. The quantitative estimate of drug-likeness (QED) is 0.871. The molecule has 1 saturated heterocycles. The predicted octanol–water partition coefficient (Wildman–Crippen LogP) is 2.42. The van der Waals surface area contributed by atoms with Gasteiger partial charge < -0.3 is 15.4 Å². The minimum Gasteiger partial charge on any atom is -0.381 e. The Morgan fingerprint density at radius 3 is 3.00 bits per heavy atom. The summed E-state index contributed by atoms with van der Waals surface area (Å²) in [6.45, 7) is 5.63. The number of nitrogens with zero attached hydrogens (tertiary/aromatic N) is 2. The lowest BCUT2D eigenvalue weighted by Crippen LogP contribution is -2.30. The molecular weight excluding hydrogens is 258 g/mol. The molecular formula is C14H25N3OS. The highest BCUT2D eigenvalue weighted by atomic mass is 32.1. The number of hydrogen-bond acceptors (Lipinski definition) is 5. The van der Waals surface area contributed by atoms with Crippen molar-refractivity contribution >= 4 is 16.5 Å². The first-order valence-electron chi connectivity index (χ1n) is 7.22. The number of aryl methyl sites for hydroxylation is 1. The maximum atomic E-state index is 5.81. The Kier molecular flexibility index (Phi) is 5.60. The van der Waals surface area contributed by atoms with Gasteiger partial charge in [-0.3, -0.25) is 0 Å². The Morgan fingerprint density at radius 2 is 2.37 bits per heavy atom. The SMILES string of the molecule is CCCc1nc(N(C)CC2CCCOC2)sc1CN. The fourth-order valence-corrected chi connectivity index (χ4v) is 3.50. The average molecular weight is 283 g/mol. The van der Waals surface area contributed by atoms with Gasteiger partial charge >= 0.3 is 0 Å². The molecule has 0 aromatic carbocycles. The third-order valence-electron chi connectivity index (χ3n) is 3.55. The summed E-state index contributed by atoms with van der Waals surface area (Å²) in [6.07, 6.45) is 4.60. The van der Waals surface area contributed by atoms with Crippen LogP contribution in [0.25, 0.3) is 0 Å². The predicted molar refractivity (Wildman–Crippen MR) is 80.8 cm³/mol. The molecule has 1 aliphatic heterocycles. The van der Waals surface area contributed by atoms with Crippen LogP contribution in [0.5, 0.6) is 0 Å². The third-order valence-corrected chi connectivity index (χ3v) is 4.79. The van der Waals surface area contributed by atoms with E-state index in [4.69, 9.17) is 15.5 Å².